The minimum Gasteiger partial charge on any atom is -0.478 e. The topological polar surface area (TPSA) is 71.7 Å². The molecule has 0 spiro atoms. The summed E-state index contributed by atoms with van der Waals surface area (Å²) in [4.78, 5) is 21.2. The molecule has 5 nitrogen and oxygen atoms in total. The quantitative estimate of drug-likeness (QED) is 0.712. The molecule has 70 valence electrons. The van der Waals surface area contributed by atoms with Crippen LogP contribution in [-0.2, 0) is 0 Å². The van der Waals surface area contributed by atoms with Crippen LogP contribution in [0, 0.1) is 0 Å². The molecule has 0 radical (unpaired) electrons. The molecule has 5 heteroatoms. The zero-order valence-electron chi connectivity index (χ0n) is 7.04. The number of hydrogen-bond donors (Lipinski definition) is 1. The van der Waals surface area contributed by atoms with Gasteiger partial charge >= 0.3 is 5.97 Å². The summed E-state index contributed by atoms with van der Waals surface area (Å²) in [7, 11) is 0. The van der Waals surface area contributed by atoms with Crippen LogP contribution in [0.15, 0.2) is 24.5 Å². The molecule has 0 fully saturated rings. The van der Waals surface area contributed by atoms with E-state index in [9.17, 15) is 9.59 Å². The monoisotopic (exact) mass is 190 g/mol. The summed E-state index contributed by atoms with van der Waals surface area (Å²) < 4.78 is 1.41. The van der Waals surface area contributed by atoms with Crippen molar-refractivity contribution in [3.8, 4) is 0 Å². The first-order valence-corrected chi connectivity index (χ1v) is 3.88. The number of carboxylic acids is 1. The lowest BCUT2D eigenvalue weighted by molar-refractivity contribution is 0.0698. The normalized spacial score (nSPS) is 10.3. The first kappa shape index (κ1) is 8.43. The predicted octanol–water partition coefficient (Wildman–Crippen LogP) is 0.845. The highest BCUT2D eigenvalue weighted by Gasteiger charge is 2.10. The van der Waals surface area contributed by atoms with E-state index in [4.69, 9.17) is 5.11 Å². The number of aromatic nitrogens is 2. The molecular formula is C9H6N2O3. The van der Waals surface area contributed by atoms with Gasteiger partial charge in [-0.25, -0.2) is 9.31 Å². The summed E-state index contributed by atoms with van der Waals surface area (Å²) in [5.74, 6) is -1.05. The fraction of sp³-hybridized carbons (Fsp3) is 0. The molecule has 0 unspecified atom stereocenters. The molecule has 0 aromatic carbocycles. The van der Waals surface area contributed by atoms with E-state index in [1.54, 1.807) is 12.3 Å². The Kier molecular flexibility index (Phi) is 1.78. The molecule has 1 N–H and O–H groups in total. The molecular weight excluding hydrogens is 184 g/mol. The first-order valence-electron chi connectivity index (χ1n) is 3.88. The van der Waals surface area contributed by atoms with E-state index in [2.05, 4.69) is 5.10 Å². The second-order valence-corrected chi connectivity index (χ2v) is 2.77. The smallest absolute Gasteiger partial charge is 0.339 e. The fourth-order valence-electron chi connectivity index (χ4n) is 1.24. The maximum absolute atomic E-state index is 10.7. The van der Waals surface area contributed by atoms with Gasteiger partial charge in [-0.1, -0.05) is 0 Å². The molecule has 0 saturated carbocycles. The number of hydrogen-bond acceptors (Lipinski definition) is 3. The SMILES string of the molecule is O=Cc1ccn2ncc(C(=O)O)c2c1. The number of aromatic carboxylic acids is 1. The molecule has 0 amide bonds. The van der Waals surface area contributed by atoms with Crippen LogP contribution in [0.2, 0.25) is 0 Å². The van der Waals surface area contributed by atoms with Crippen LogP contribution in [0.3, 0.4) is 0 Å². The van der Waals surface area contributed by atoms with Crippen LogP contribution >= 0.6 is 0 Å². The molecule has 2 aromatic heterocycles. The molecule has 0 aliphatic carbocycles. The van der Waals surface area contributed by atoms with Crippen LogP contribution in [0.5, 0.6) is 0 Å². The summed E-state index contributed by atoms with van der Waals surface area (Å²) >= 11 is 0. The molecule has 0 aliphatic heterocycles. The van der Waals surface area contributed by atoms with Gasteiger partial charge in [-0.05, 0) is 12.1 Å². The lowest BCUT2D eigenvalue weighted by Gasteiger charge is -1.94. The number of aldehydes is 1. The van der Waals surface area contributed by atoms with Crippen molar-refractivity contribution in [1.29, 1.82) is 0 Å². The van der Waals surface area contributed by atoms with Crippen LogP contribution < -0.4 is 0 Å². The Balaban J connectivity index is 2.75. The number of carboxylic acid groups (broad SMARTS) is 1. The zero-order chi connectivity index (χ0) is 10.1. The van der Waals surface area contributed by atoms with E-state index in [1.807, 2.05) is 0 Å². The fourth-order valence-corrected chi connectivity index (χ4v) is 1.24. The average molecular weight is 190 g/mol. The van der Waals surface area contributed by atoms with Gasteiger partial charge in [0, 0.05) is 11.8 Å². The van der Waals surface area contributed by atoms with Gasteiger partial charge in [0.15, 0.2) is 0 Å². The van der Waals surface area contributed by atoms with Crippen molar-refractivity contribution < 1.29 is 14.7 Å². The van der Waals surface area contributed by atoms with E-state index < -0.39 is 5.97 Å². The minimum absolute atomic E-state index is 0.0914. The zero-order valence-corrected chi connectivity index (χ0v) is 7.04. The Bertz CT molecular complexity index is 516. The highest BCUT2D eigenvalue weighted by Crippen LogP contribution is 2.11. The maximum Gasteiger partial charge on any atom is 0.339 e. The average Bonchev–Trinajstić information content (AvgIpc) is 2.59. The Morgan fingerprint density at radius 3 is 3.00 bits per heavy atom. The van der Waals surface area contributed by atoms with Crippen LogP contribution in [-0.4, -0.2) is 27.0 Å². The van der Waals surface area contributed by atoms with Crippen molar-refractivity contribution in [2.45, 2.75) is 0 Å². The highest BCUT2D eigenvalue weighted by atomic mass is 16.4. The summed E-state index contributed by atoms with van der Waals surface area (Å²) in [6.07, 6.45) is 3.47. The summed E-state index contributed by atoms with van der Waals surface area (Å²) in [6, 6.07) is 3.06. The van der Waals surface area contributed by atoms with Crippen molar-refractivity contribution in [2.75, 3.05) is 0 Å². The number of rotatable bonds is 2. The number of fused-ring (bicyclic) bond motifs is 1. The van der Waals surface area contributed by atoms with Gasteiger partial charge in [0.25, 0.3) is 0 Å². The van der Waals surface area contributed by atoms with E-state index in [0.717, 1.165) is 0 Å². The lowest BCUT2D eigenvalue weighted by atomic mass is 10.2. The number of nitrogens with zero attached hydrogens (tertiary/aromatic N) is 2. The van der Waals surface area contributed by atoms with Crippen LogP contribution in [0.4, 0.5) is 0 Å². The Hall–Kier alpha value is -2.17. The second kappa shape index (κ2) is 2.95. The van der Waals surface area contributed by atoms with E-state index in [1.165, 1.54) is 16.8 Å². The third-order valence-electron chi connectivity index (χ3n) is 1.91. The number of pyridine rings is 1. The Labute approximate surface area is 78.6 Å². The molecule has 0 bridgehead atoms. The molecule has 2 aromatic rings. The van der Waals surface area contributed by atoms with Crippen LogP contribution in [0.1, 0.15) is 20.7 Å². The summed E-state index contributed by atoms with van der Waals surface area (Å²) in [5, 5.41) is 12.6. The number of carbonyl (C=O) groups is 2. The molecule has 0 atom stereocenters. The summed E-state index contributed by atoms with van der Waals surface area (Å²) in [6.45, 7) is 0. The molecule has 2 heterocycles. The van der Waals surface area contributed by atoms with Crippen molar-refractivity contribution in [3.63, 3.8) is 0 Å². The molecule has 2 rings (SSSR count). The van der Waals surface area contributed by atoms with Gasteiger partial charge in [0.2, 0.25) is 0 Å². The second-order valence-electron chi connectivity index (χ2n) is 2.77. The largest absolute Gasteiger partial charge is 0.478 e. The lowest BCUT2D eigenvalue weighted by Crippen LogP contribution is -1.96. The van der Waals surface area contributed by atoms with Crippen molar-refractivity contribution in [3.05, 3.63) is 35.7 Å². The third-order valence-corrected chi connectivity index (χ3v) is 1.91. The van der Waals surface area contributed by atoms with Crippen molar-refractivity contribution in [2.24, 2.45) is 0 Å². The van der Waals surface area contributed by atoms with Crippen LogP contribution in [0.25, 0.3) is 5.52 Å². The Morgan fingerprint density at radius 1 is 1.57 bits per heavy atom. The molecule has 14 heavy (non-hydrogen) atoms. The van der Waals surface area contributed by atoms with Gasteiger partial charge in [-0.3, -0.25) is 4.79 Å². The first-order chi connectivity index (χ1) is 6.72. The number of carbonyl (C=O) groups excluding carboxylic acids is 1. The van der Waals surface area contributed by atoms with E-state index in [0.29, 0.717) is 17.4 Å². The predicted molar refractivity (Wildman–Crippen MR) is 47.5 cm³/mol. The van der Waals surface area contributed by atoms with Gasteiger partial charge in [-0.15, -0.1) is 0 Å². The van der Waals surface area contributed by atoms with Crippen molar-refractivity contribution in [1.82, 2.24) is 9.61 Å². The van der Waals surface area contributed by atoms with Gasteiger partial charge in [0.05, 0.1) is 11.7 Å². The highest BCUT2D eigenvalue weighted by molar-refractivity contribution is 5.96. The van der Waals surface area contributed by atoms with E-state index in [-0.39, 0.29) is 5.56 Å². The van der Waals surface area contributed by atoms with E-state index >= 15 is 0 Å². The molecule has 0 saturated heterocycles. The molecule has 0 aliphatic rings. The van der Waals surface area contributed by atoms with Gasteiger partial charge < -0.3 is 5.11 Å². The summed E-state index contributed by atoms with van der Waals surface area (Å²) in [5.41, 5.74) is 0.941. The minimum atomic E-state index is -1.05. The Morgan fingerprint density at radius 2 is 2.36 bits per heavy atom. The van der Waals surface area contributed by atoms with Crippen molar-refractivity contribution >= 4 is 17.8 Å². The maximum atomic E-state index is 10.7. The standard InChI is InChI=1S/C9H6N2O3/c12-5-6-1-2-11-8(3-6)7(4-10-11)9(13)14/h1-5H,(H,13,14). The van der Waals surface area contributed by atoms with Gasteiger partial charge in [-0.2, -0.15) is 5.10 Å². The van der Waals surface area contributed by atoms with Gasteiger partial charge in [0.1, 0.15) is 11.8 Å². The third kappa shape index (κ3) is 1.15.